The summed E-state index contributed by atoms with van der Waals surface area (Å²) in [6, 6.07) is 13.5. The number of halogens is 2. The summed E-state index contributed by atoms with van der Waals surface area (Å²) in [5, 5.41) is 27.5. The Balaban J connectivity index is 0.00000924. The van der Waals surface area contributed by atoms with Crippen LogP contribution in [0.3, 0.4) is 0 Å². The van der Waals surface area contributed by atoms with Crippen molar-refractivity contribution in [2.75, 3.05) is 63.8 Å². The van der Waals surface area contributed by atoms with Gasteiger partial charge in [-0.3, -0.25) is 9.44 Å². The van der Waals surface area contributed by atoms with Crippen LogP contribution in [0.2, 0.25) is 0 Å². The Kier molecular flexibility index (Phi) is 20.3. The van der Waals surface area contributed by atoms with E-state index in [4.69, 9.17) is 0 Å². The third-order valence-corrected chi connectivity index (χ3v) is 9.54. The summed E-state index contributed by atoms with van der Waals surface area (Å²) in [4.78, 5) is 0. The van der Waals surface area contributed by atoms with E-state index in [1.807, 2.05) is 0 Å². The quantitative estimate of drug-likeness (QED) is 0.108. The molecule has 12 nitrogen and oxygen atoms in total. The molecule has 44 heavy (non-hydrogen) atoms. The Hall–Kier alpha value is -1.72. The van der Waals surface area contributed by atoms with Gasteiger partial charge < -0.3 is 20.8 Å². The normalized spacial score (nSPS) is 13.2. The monoisotopic (exact) mass is 700 g/mol. The van der Waals surface area contributed by atoms with Crippen molar-refractivity contribution in [3.8, 4) is 0 Å². The van der Waals surface area contributed by atoms with Gasteiger partial charge in [-0.05, 0) is 61.3 Å². The Morgan fingerprint density at radius 1 is 0.614 bits per heavy atom. The van der Waals surface area contributed by atoms with Crippen molar-refractivity contribution in [1.29, 1.82) is 0 Å². The number of nitrogens with one attached hydrogen (secondary N) is 4. The SMILES string of the molecule is CN(C)S(=O)(=O)Nc1cccc(C(O)CNCCCCCCCCNCC(O)c2cccc(NS(=O)(=O)N(C)C)c2)c1.Cl.Cl. The zero-order chi connectivity index (χ0) is 31.2. The first-order valence-corrected chi connectivity index (χ1v) is 17.1. The highest BCUT2D eigenvalue weighted by molar-refractivity contribution is 7.90. The predicted octanol–water partition coefficient (Wildman–Crippen LogP) is 3.25. The van der Waals surface area contributed by atoms with Gasteiger partial charge in [0.05, 0.1) is 23.6 Å². The summed E-state index contributed by atoms with van der Waals surface area (Å²) in [5.74, 6) is 0. The molecule has 0 radical (unpaired) electrons. The summed E-state index contributed by atoms with van der Waals surface area (Å²) in [5.41, 5.74) is 2.10. The Labute approximate surface area is 276 Å². The van der Waals surface area contributed by atoms with Crippen LogP contribution in [0.5, 0.6) is 0 Å². The molecule has 0 aliphatic rings. The van der Waals surface area contributed by atoms with Crippen LogP contribution in [-0.4, -0.2) is 90.0 Å². The zero-order valence-corrected chi connectivity index (χ0v) is 29.2. The van der Waals surface area contributed by atoms with Gasteiger partial charge in [-0.1, -0.05) is 49.9 Å². The van der Waals surface area contributed by atoms with Gasteiger partial charge in [-0.25, -0.2) is 0 Å². The highest BCUT2D eigenvalue weighted by Gasteiger charge is 2.16. The summed E-state index contributed by atoms with van der Waals surface area (Å²) in [6.07, 6.45) is 4.95. The molecule has 0 saturated heterocycles. The first kappa shape index (κ1) is 42.3. The van der Waals surface area contributed by atoms with Crippen LogP contribution in [-0.2, 0) is 20.4 Å². The smallest absolute Gasteiger partial charge is 0.301 e. The van der Waals surface area contributed by atoms with Crippen molar-refractivity contribution >= 4 is 56.6 Å². The molecular formula is C28H50Cl2N6O6S2. The average Bonchev–Trinajstić information content (AvgIpc) is 2.93. The minimum Gasteiger partial charge on any atom is -0.387 e. The number of unbranched alkanes of at least 4 members (excludes halogenated alkanes) is 5. The van der Waals surface area contributed by atoms with Crippen LogP contribution in [0.15, 0.2) is 48.5 Å². The fraction of sp³-hybridized carbons (Fsp3) is 0.571. The standard InChI is InChI=1S/C28H48N6O6S2.2ClH/c1-33(2)41(37,38)31-25-15-11-13-23(19-25)27(35)21-29-17-9-7-5-6-8-10-18-30-22-28(36)24-14-12-16-26(20-24)32-42(39,40)34(3)4;;/h11-16,19-20,27-32,35-36H,5-10,17-18,21-22H2,1-4H3;2*1H. The van der Waals surface area contributed by atoms with Crippen molar-refractivity contribution in [3.05, 3.63) is 59.7 Å². The molecule has 0 aromatic heterocycles. The Morgan fingerprint density at radius 3 is 1.30 bits per heavy atom. The molecule has 2 rings (SSSR count). The molecule has 2 aromatic rings. The molecule has 0 heterocycles. The third kappa shape index (κ3) is 15.5. The van der Waals surface area contributed by atoms with Gasteiger partial charge in [0.2, 0.25) is 0 Å². The second-order valence-electron chi connectivity index (χ2n) is 10.6. The van der Waals surface area contributed by atoms with Gasteiger partial charge in [-0.15, -0.1) is 24.8 Å². The molecule has 0 amide bonds. The maximum atomic E-state index is 12.0. The van der Waals surface area contributed by atoms with Gasteiger partial charge in [0.25, 0.3) is 0 Å². The molecule has 16 heteroatoms. The summed E-state index contributed by atoms with van der Waals surface area (Å²) < 4.78 is 55.2. The summed E-state index contributed by atoms with van der Waals surface area (Å²) in [6.45, 7) is 2.36. The van der Waals surface area contributed by atoms with Gasteiger partial charge in [0.1, 0.15) is 0 Å². The molecule has 254 valence electrons. The second-order valence-corrected chi connectivity index (χ2v) is 14.4. The predicted molar refractivity (Wildman–Crippen MR) is 183 cm³/mol. The van der Waals surface area contributed by atoms with Crippen LogP contribution in [0.1, 0.15) is 61.9 Å². The fourth-order valence-electron chi connectivity index (χ4n) is 4.02. The molecule has 0 fully saturated rings. The molecule has 0 aliphatic heterocycles. The molecular weight excluding hydrogens is 651 g/mol. The molecule has 0 saturated carbocycles. The molecule has 0 bridgehead atoms. The summed E-state index contributed by atoms with van der Waals surface area (Å²) >= 11 is 0. The van der Waals surface area contributed by atoms with Crippen molar-refractivity contribution < 1.29 is 27.0 Å². The second kappa shape index (κ2) is 21.1. The first-order chi connectivity index (χ1) is 19.8. The van der Waals surface area contributed by atoms with E-state index in [1.165, 1.54) is 28.2 Å². The number of hydrogen-bond acceptors (Lipinski definition) is 8. The van der Waals surface area contributed by atoms with E-state index < -0.39 is 32.6 Å². The molecule has 0 spiro atoms. The highest BCUT2D eigenvalue weighted by atomic mass is 35.5. The first-order valence-electron chi connectivity index (χ1n) is 14.2. The maximum absolute atomic E-state index is 12.0. The number of hydrogen-bond donors (Lipinski definition) is 6. The average molecular weight is 702 g/mol. The third-order valence-electron chi connectivity index (χ3n) is 6.63. The van der Waals surface area contributed by atoms with E-state index in [-0.39, 0.29) is 24.8 Å². The van der Waals surface area contributed by atoms with Crippen LogP contribution in [0, 0.1) is 0 Å². The lowest BCUT2D eigenvalue weighted by Crippen LogP contribution is -2.29. The lowest BCUT2D eigenvalue weighted by molar-refractivity contribution is 0.174. The largest absolute Gasteiger partial charge is 0.387 e. The van der Waals surface area contributed by atoms with Crippen molar-refractivity contribution in [2.45, 2.75) is 50.7 Å². The lowest BCUT2D eigenvalue weighted by atomic mass is 10.1. The van der Waals surface area contributed by atoms with Crippen molar-refractivity contribution in [2.24, 2.45) is 0 Å². The van der Waals surface area contributed by atoms with E-state index >= 15 is 0 Å². The lowest BCUT2D eigenvalue weighted by Gasteiger charge is -2.16. The zero-order valence-electron chi connectivity index (χ0n) is 25.9. The van der Waals surface area contributed by atoms with Crippen LogP contribution in [0.4, 0.5) is 11.4 Å². The highest BCUT2D eigenvalue weighted by Crippen LogP contribution is 2.20. The molecule has 2 aromatic carbocycles. The fourth-order valence-corrected chi connectivity index (χ4v) is 5.23. The molecule has 0 aliphatic carbocycles. The van der Waals surface area contributed by atoms with Crippen LogP contribution in [0.25, 0.3) is 0 Å². The molecule has 6 N–H and O–H groups in total. The summed E-state index contributed by atoms with van der Waals surface area (Å²) in [7, 11) is -1.41. The number of aliphatic hydroxyl groups is 2. The molecule has 2 atom stereocenters. The minimum atomic E-state index is -3.60. The van der Waals surface area contributed by atoms with Crippen molar-refractivity contribution in [3.63, 3.8) is 0 Å². The topological polar surface area (TPSA) is 163 Å². The van der Waals surface area contributed by atoms with Crippen LogP contribution >= 0.6 is 24.8 Å². The van der Waals surface area contributed by atoms with E-state index in [1.54, 1.807) is 48.5 Å². The molecule has 2 unspecified atom stereocenters. The van der Waals surface area contributed by atoms with Crippen molar-refractivity contribution in [1.82, 2.24) is 19.2 Å². The van der Waals surface area contributed by atoms with Crippen LogP contribution < -0.4 is 20.1 Å². The van der Waals surface area contributed by atoms with E-state index in [2.05, 4.69) is 20.1 Å². The maximum Gasteiger partial charge on any atom is 0.301 e. The number of aliphatic hydroxyl groups excluding tert-OH is 2. The van der Waals surface area contributed by atoms with Gasteiger partial charge >= 0.3 is 20.4 Å². The number of anilines is 2. The van der Waals surface area contributed by atoms with E-state index in [9.17, 15) is 27.0 Å². The Bertz CT molecular complexity index is 1200. The van der Waals surface area contributed by atoms with Gasteiger partial charge in [0.15, 0.2) is 0 Å². The Morgan fingerprint density at radius 2 is 0.955 bits per heavy atom. The van der Waals surface area contributed by atoms with E-state index in [0.29, 0.717) is 35.6 Å². The number of benzene rings is 2. The van der Waals surface area contributed by atoms with Gasteiger partial charge in [0, 0.05) is 41.3 Å². The number of rotatable bonds is 21. The number of nitrogens with zero attached hydrogens (tertiary/aromatic N) is 2. The van der Waals surface area contributed by atoms with E-state index in [0.717, 1.165) is 60.2 Å². The minimum absolute atomic E-state index is 0. The van der Waals surface area contributed by atoms with Gasteiger partial charge in [-0.2, -0.15) is 25.4 Å².